The molecule has 0 aliphatic rings. The first-order valence-electron chi connectivity index (χ1n) is 8.10. The van der Waals surface area contributed by atoms with Crippen molar-refractivity contribution >= 4 is 22.7 Å². The Morgan fingerprint density at radius 1 is 1.00 bits per heavy atom. The van der Waals surface area contributed by atoms with Crippen LogP contribution in [0.25, 0.3) is 10.9 Å². The molecule has 0 saturated carbocycles. The molecule has 3 aromatic rings. The number of carbonyl (C=O) groups excluding carboxylic acids is 2. The third-order valence-electron chi connectivity index (χ3n) is 4.07. The van der Waals surface area contributed by atoms with Gasteiger partial charge < -0.3 is 5.32 Å². The normalized spacial score (nSPS) is 10.7. The molecule has 2 aromatic carbocycles. The summed E-state index contributed by atoms with van der Waals surface area (Å²) in [5.41, 5.74) is 2.57. The molecular formula is C20H20N2O2. The van der Waals surface area contributed by atoms with Gasteiger partial charge in [0.15, 0.2) is 0 Å². The number of fused-ring (bicyclic) bond motifs is 1. The zero-order valence-corrected chi connectivity index (χ0v) is 13.7. The van der Waals surface area contributed by atoms with Gasteiger partial charge in [0.1, 0.15) is 0 Å². The number of amides is 1. The fourth-order valence-electron chi connectivity index (χ4n) is 2.86. The van der Waals surface area contributed by atoms with E-state index in [1.165, 1.54) is 17.1 Å². The summed E-state index contributed by atoms with van der Waals surface area (Å²) in [7, 11) is 0. The van der Waals surface area contributed by atoms with E-state index in [1.54, 1.807) is 6.20 Å². The molecular weight excluding hydrogens is 300 g/mol. The zero-order valence-electron chi connectivity index (χ0n) is 13.7. The number of nitrogens with one attached hydrogen (secondary N) is 1. The molecule has 0 aliphatic carbocycles. The maximum Gasteiger partial charge on any atom is 0.253 e. The van der Waals surface area contributed by atoms with Crippen molar-refractivity contribution in [1.29, 1.82) is 0 Å². The lowest BCUT2D eigenvalue weighted by Gasteiger charge is -2.04. The van der Waals surface area contributed by atoms with Crippen molar-refractivity contribution in [2.75, 3.05) is 6.54 Å². The molecule has 1 heterocycles. The van der Waals surface area contributed by atoms with E-state index < -0.39 is 0 Å². The first-order valence-corrected chi connectivity index (χ1v) is 8.10. The van der Waals surface area contributed by atoms with Gasteiger partial charge in [0, 0.05) is 25.1 Å². The van der Waals surface area contributed by atoms with E-state index >= 15 is 0 Å². The molecule has 0 saturated heterocycles. The number of hydrogen-bond acceptors (Lipinski definition) is 2. The second kappa shape index (κ2) is 7.13. The largest absolute Gasteiger partial charge is 0.352 e. The van der Waals surface area contributed by atoms with Crippen LogP contribution < -0.4 is 5.32 Å². The van der Waals surface area contributed by atoms with Crippen LogP contribution in [0.15, 0.2) is 60.8 Å². The molecule has 0 atom stereocenters. The SMILES string of the molecule is CC(=O)n1cc(C(=O)NCCCc2ccccc2)c2ccccc21. The Hall–Kier alpha value is -2.88. The van der Waals surface area contributed by atoms with Crippen LogP contribution in [-0.4, -0.2) is 22.9 Å². The molecule has 0 spiro atoms. The summed E-state index contributed by atoms with van der Waals surface area (Å²) in [6.07, 6.45) is 3.43. The lowest BCUT2D eigenvalue weighted by Crippen LogP contribution is -2.24. The summed E-state index contributed by atoms with van der Waals surface area (Å²) >= 11 is 0. The Kier molecular flexibility index (Phi) is 4.75. The monoisotopic (exact) mass is 320 g/mol. The number of para-hydroxylation sites is 1. The first kappa shape index (κ1) is 16.0. The van der Waals surface area contributed by atoms with E-state index in [-0.39, 0.29) is 11.8 Å². The molecule has 1 amide bonds. The summed E-state index contributed by atoms with van der Waals surface area (Å²) in [5.74, 6) is -0.242. The minimum absolute atomic E-state index is 0.102. The van der Waals surface area contributed by atoms with Crippen molar-refractivity contribution < 1.29 is 9.59 Å². The number of benzene rings is 2. The Balaban J connectivity index is 1.67. The van der Waals surface area contributed by atoms with Crippen LogP contribution in [0.1, 0.15) is 34.1 Å². The maximum atomic E-state index is 12.5. The lowest BCUT2D eigenvalue weighted by molar-refractivity contribution is 0.0941. The van der Waals surface area contributed by atoms with E-state index in [9.17, 15) is 9.59 Å². The van der Waals surface area contributed by atoms with Gasteiger partial charge in [0.2, 0.25) is 5.91 Å². The van der Waals surface area contributed by atoms with Gasteiger partial charge in [-0.2, -0.15) is 0 Å². The van der Waals surface area contributed by atoms with Crippen molar-refractivity contribution in [3.05, 3.63) is 71.9 Å². The first-order chi connectivity index (χ1) is 11.7. The predicted molar refractivity (Wildman–Crippen MR) is 95.3 cm³/mol. The van der Waals surface area contributed by atoms with Gasteiger partial charge in [-0.1, -0.05) is 48.5 Å². The van der Waals surface area contributed by atoms with Crippen LogP contribution in [0, 0.1) is 0 Å². The highest BCUT2D eigenvalue weighted by atomic mass is 16.2. The topological polar surface area (TPSA) is 51.1 Å². The summed E-state index contributed by atoms with van der Waals surface area (Å²) in [4.78, 5) is 24.2. The van der Waals surface area contributed by atoms with Gasteiger partial charge in [-0.15, -0.1) is 0 Å². The summed E-state index contributed by atoms with van der Waals surface area (Å²) < 4.78 is 1.52. The Labute approximate surface area is 141 Å². The Morgan fingerprint density at radius 3 is 2.46 bits per heavy atom. The van der Waals surface area contributed by atoms with Crippen LogP contribution in [0.4, 0.5) is 0 Å². The molecule has 0 radical (unpaired) electrons. The molecule has 0 aliphatic heterocycles. The highest BCUT2D eigenvalue weighted by Gasteiger charge is 2.15. The number of carbonyl (C=O) groups is 2. The fraction of sp³-hybridized carbons (Fsp3) is 0.200. The molecule has 24 heavy (non-hydrogen) atoms. The predicted octanol–water partition coefficient (Wildman–Crippen LogP) is 3.66. The second-order valence-corrected chi connectivity index (χ2v) is 5.79. The standard InChI is InChI=1S/C20H20N2O2/c1-15(23)22-14-18(17-11-5-6-12-19(17)22)20(24)21-13-7-10-16-8-3-2-4-9-16/h2-6,8-9,11-12,14H,7,10,13H2,1H3,(H,21,24). The quantitative estimate of drug-likeness (QED) is 0.729. The molecule has 4 nitrogen and oxygen atoms in total. The lowest BCUT2D eigenvalue weighted by atomic mass is 10.1. The molecule has 0 bridgehead atoms. The van der Waals surface area contributed by atoms with Crippen molar-refractivity contribution in [2.45, 2.75) is 19.8 Å². The average molecular weight is 320 g/mol. The summed E-state index contributed by atoms with van der Waals surface area (Å²) in [6, 6.07) is 17.7. The zero-order chi connectivity index (χ0) is 16.9. The number of aromatic nitrogens is 1. The van der Waals surface area contributed by atoms with Gasteiger partial charge >= 0.3 is 0 Å². The second-order valence-electron chi connectivity index (χ2n) is 5.79. The number of nitrogens with zero attached hydrogens (tertiary/aromatic N) is 1. The van der Waals surface area contributed by atoms with E-state index in [0.717, 1.165) is 23.7 Å². The van der Waals surface area contributed by atoms with E-state index in [4.69, 9.17) is 0 Å². The van der Waals surface area contributed by atoms with Crippen LogP contribution in [-0.2, 0) is 6.42 Å². The van der Waals surface area contributed by atoms with Crippen LogP contribution in [0.2, 0.25) is 0 Å². The molecule has 4 heteroatoms. The van der Waals surface area contributed by atoms with Crippen molar-refractivity contribution in [1.82, 2.24) is 9.88 Å². The van der Waals surface area contributed by atoms with Gasteiger partial charge in [0.05, 0.1) is 11.1 Å². The van der Waals surface area contributed by atoms with Crippen LogP contribution in [0.3, 0.4) is 0 Å². The third-order valence-corrected chi connectivity index (χ3v) is 4.07. The number of hydrogen-bond donors (Lipinski definition) is 1. The number of rotatable bonds is 5. The molecule has 1 N–H and O–H groups in total. The maximum absolute atomic E-state index is 12.5. The van der Waals surface area contributed by atoms with Crippen molar-refractivity contribution in [3.63, 3.8) is 0 Å². The van der Waals surface area contributed by atoms with Gasteiger partial charge in [-0.25, -0.2) is 0 Å². The van der Waals surface area contributed by atoms with Crippen molar-refractivity contribution in [3.8, 4) is 0 Å². The summed E-state index contributed by atoms with van der Waals surface area (Å²) in [6.45, 7) is 2.10. The third kappa shape index (κ3) is 3.38. The van der Waals surface area contributed by atoms with Crippen molar-refractivity contribution in [2.24, 2.45) is 0 Å². The van der Waals surface area contributed by atoms with Gasteiger partial charge in [-0.3, -0.25) is 14.2 Å². The molecule has 0 fully saturated rings. The van der Waals surface area contributed by atoms with Gasteiger partial charge in [0.25, 0.3) is 5.91 Å². The van der Waals surface area contributed by atoms with Gasteiger partial charge in [-0.05, 0) is 24.5 Å². The minimum atomic E-state index is -0.140. The number of aryl methyl sites for hydroxylation is 1. The van der Waals surface area contributed by atoms with E-state index in [2.05, 4.69) is 17.4 Å². The Bertz CT molecular complexity index is 866. The molecule has 1 aromatic heterocycles. The van der Waals surface area contributed by atoms with E-state index in [0.29, 0.717) is 12.1 Å². The minimum Gasteiger partial charge on any atom is -0.352 e. The fourth-order valence-corrected chi connectivity index (χ4v) is 2.86. The molecule has 3 rings (SSSR count). The highest BCUT2D eigenvalue weighted by Crippen LogP contribution is 2.21. The van der Waals surface area contributed by atoms with E-state index in [1.807, 2.05) is 42.5 Å². The highest BCUT2D eigenvalue weighted by molar-refractivity contribution is 6.09. The van der Waals surface area contributed by atoms with Crippen LogP contribution >= 0.6 is 0 Å². The smallest absolute Gasteiger partial charge is 0.253 e. The average Bonchev–Trinajstić information content (AvgIpc) is 2.99. The summed E-state index contributed by atoms with van der Waals surface area (Å²) in [5, 5.41) is 3.75. The Morgan fingerprint density at radius 2 is 1.71 bits per heavy atom. The molecule has 0 unspecified atom stereocenters. The van der Waals surface area contributed by atoms with Crippen LogP contribution in [0.5, 0.6) is 0 Å². The molecule has 122 valence electrons.